The summed E-state index contributed by atoms with van der Waals surface area (Å²) in [5, 5.41) is 11.6. The van der Waals surface area contributed by atoms with Gasteiger partial charge in [-0.05, 0) is 64.2 Å². The van der Waals surface area contributed by atoms with Crippen molar-refractivity contribution >= 4 is 17.9 Å². The molecule has 0 fully saturated rings. The number of hydrogen-bond acceptors (Lipinski definition) is 7. The van der Waals surface area contributed by atoms with Crippen molar-refractivity contribution in [1.29, 1.82) is 0 Å². The number of nitrogens with zero attached hydrogens (tertiary/aromatic N) is 1. The van der Waals surface area contributed by atoms with Gasteiger partial charge in [0, 0.05) is 19.3 Å². The summed E-state index contributed by atoms with van der Waals surface area (Å²) in [4.78, 5) is 36.6. The van der Waals surface area contributed by atoms with E-state index < -0.39 is 18.1 Å². The fourth-order valence-corrected chi connectivity index (χ4v) is 4.96. The fourth-order valence-electron chi connectivity index (χ4n) is 4.96. The largest absolute Gasteiger partial charge is 0.544 e. The molecule has 2 atom stereocenters. The standard InChI is InChI=1S/C41H69NO7/c1-6-8-10-12-14-16-18-20-22-23-25-27-29-31-39(43)48-36-37(35-47-34-33-38(41(45)46)42(3,4)5)49-40(44)32-30-28-26-24-21-19-17-15-13-11-9-7-2/h9,11,15,17,20-22,24-25,27,37-38H,6-8,10,12-14,16,18-19,23,26,28-36H2,1-5H3/b11-9+,17-15+,22-20+,24-21+,27-25+. The molecule has 0 bridgehead atoms. The first-order chi connectivity index (χ1) is 23.6. The minimum Gasteiger partial charge on any atom is -0.544 e. The van der Waals surface area contributed by atoms with Crippen LogP contribution in [-0.4, -0.2) is 75.5 Å². The van der Waals surface area contributed by atoms with Gasteiger partial charge in [-0.3, -0.25) is 9.59 Å². The highest BCUT2D eigenvalue weighted by atomic mass is 16.6. The Morgan fingerprint density at radius 3 is 1.78 bits per heavy atom. The van der Waals surface area contributed by atoms with Crippen LogP contribution in [-0.2, 0) is 28.6 Å². The zero-order valence-electron chi connectivity index (χ0n) is 31.6. The highest BCUT2D eigenvalue weighted by molar-refractivity contribution is 5.70. The normalized spacial score (nSPS) is 13.7. The van der Waals surface area contributed by atoms with Crippen molar-refractivity contribution in [3.63, 3.8) is 0 Å². The molecule has 0 saturated carbocycles. The number of rotatable bonds is 32. The number of esters is 2. The van der Waals surface area contributed by atoms with Gasteiger partial charge < -0.3 is 28.6 Å². The number of ether oxygens (including phenoxy) is 3. The van der Waals surface area contributed by atoms with Crippen LogP contribution in [0.2, 0.25) is 0 Å². The lowest BCUT2D eigenvalue weighted by molar-refractivity contribution is -0.889. The summed E-state index contributed by atoms with van der Waals surface area (Å²) in [7, 11) is 5.36. The topological polar surface area (TPSA) is 102 Å². The second-order valence-corrected chi connectivity index (χ2v) is 13.4. The number of carbonyl (C=O) groups excluding carboxylic acids is 3. The maximum atomic E-state index is 12.6. The number of quaternary nitrogens is 1. The van der Waals surface area contributed by atoms with Gasteiger partial charge in [0.1, 0.15) is 12.6 Å². The fraction of sp³-hybridized carbons (Fsp3) is 0.683. The molecule has 49 heavy (non-hydrogen) atoms. The number of carbonyl (C=O) groups is 3. The van der Waals surface area contributed by atoms with Crippen molar-refractivity contribution in [1.82, 2.24) is 0 Å². The number of carboxylic acids is 1. The molecule has 8 nitrogen and oxygen atoms in total. The van der Waals surface area contributed by atoms with Gasteiger partial charge in [-0.15, -0.1) is 0 Å². The maximum absolute atomic E-state index is 12.6. The van der Waals surface area contributed by atoms with E-state index in [1.165, 1.54) is 38.5 Å². The predicted molar refractivity (Wildman–Crippen MR) is 199 cm³/mol. The monoisotopic (exact) mass is 688 g/mol. The summed E-state index contributed by atoms with van der Waals surface area (Å²) < 4.78 is 16.9. The van der Waals surface area contributed by atoms with E-state index in [-0.39, 0.29) is 55.5 Å². The van der Waals surface area contributed by atoms with Crippen LogP contribution in [0.5, 0.6) is 0 Å². The Morgan fingerprint density at radius 1 is 0.633 bits per heavy atom. The molecule has 0 heterocycles. The average molecular weight is 688 g/mol. The van der Waals surface area contributed by atoms with Crippen molar-refractivity contribution in [2.45, 2.75) is 142 Å². The van der Waals surface area contributed by atoms with Crippen LogP contribution in [0.4, 0.5) is 0 Å². The lowest BCUT2D eigenvalue weighted by atomic mass is 10.1. The molecule has 0 aromatic heterocycles. The number of allylic oxidation sites excluding steroid dienone is 10. The highest BCUT2D eigenvalue weighted by Gasteiger charge is 2.25. The molecule has 0 aromatic rings. The molecule has 2 unspecified atom stereocenters. The second kappa shape index (κ2) is 32.2. The van der Waals surface area contributed by atoms with Crippen LogP contribution in [0.1, 0.15) is 129 Å². The van der Waals surface area contributed by atoms with Gasteiger partial charge in [-0.25, -0.2) is 0 Å². The number of carboxylic acid groups (broad SMARTS) is 1. The van der Waals surface area contributed by atoms with E-state index in [0.717, 1.165) is 44.9 Å². The molecular formula is C41H69NO7. The first kappa shape index (κ1) is 46.0. The molecule has 0 spiro atoms. The molecule has 0 aromatic carbocycles. The van der Waals surface area contributed by atoms with Crippen LogP contribution in [0.25, 0.3) is 0 Å². The van der Waals surface area contributed by atoms with Crippen LogP contribution in [0.3, 0.4) is 0 Å². The summed E-state index contributed by atoms with van der Waals surface area (Å²) in [5.74, 6) is -1.88. The van der Waals surface area contributed by atoms with E-state index in [2.05, 4.69) is 68.5 Å². The Balaban J connectivity index is 4.59. The van der Waals surface area contributed by atoms with Gasteiger partial charge in [0.2, 0.25) is 0 Å². The molecule has 0 N–H and O–H groups in total. The van der Waals surface area contributed by atoms with Crippen molar-refractivity contribution < 1.29 is 38.2 Å². The lowest BCUT2D eigenvalue weighted by Gasteiger charge is -2.34. The molecule has 8 heteroatoms. The Hall–Kier alpha value is -2.97. The predicted octanol–water partition coefficient (Wildman–Crippen LogP) is 8.13. The number of likely N-dealkylation sites (N-methyl/N-ethyl adjacent to an activating group) is 1. The van der Waals surface area contributed by atoms with E-state index in [1.54, 1.807) is 21.1 Å². The van der Waals surface area contributed by atoms with Gasteiger partial charge in [0.15, 0.2) is 6.10 Å². The van der Waals surface area contributed by atoms with Gasteiger partial charge >= 0.3 is 11.9 Å². The Morgan fingerprint density at radius 2 is 1.18 bits per heavy atom. The molecule has 0 aliphatic rings. The SMILES string of the molecule is CC/C=C/C/C=C/C/C=C/CCCCC(=O)OC(COCCC(C(=O)[O-])[N+](C)(C)C)COC(=O)CC/C=C/C/C=C/CCCCCCCC. The molecule has 0 aliphatic carbocycles. The Kier molecular flexibility index (Phi) is 30.3. The van der Waals surface area contributed by atoms with Gasteiger partial charge in [-0.2, -0.15) is 0 Å². The number of aliphatic carboxylic acids is 1. The molecule has 0 saturated heterocycles. The molecule has 0 aliphatic heterocycles. The van der Waals surface area contributed by atoms with E-state index in [9.17, 15) is 19.5 Å². The smallest absolute Gasteiger partial charge is 0.306 e. The number of hydrogen-bond donors (Lipinski definition) is 0. The molecule has 0 radical (unpaired) electrons. The van der Waals surface area contributed by atoms with E-state index in [4.69, 9.17) is 14.2 Å². The van der Waals surface area contributed by atoms with Crippen molar-refractivity contribution in [3.8, 4) is 0 Å². The van der Waals surface area contributed by atoms with Crippen molar-refractivity contribution in [2.75, 3.05) is 41.0 Å². The Bertz CT molecular complexity index is 990. The first-order valence-electron chi connectivity index (χ1n) is 18.8. The van der Waals surface area contributed by atoms with Crippen LogP contribution >= 0.6 is 0 Å². The van der Waals surface area contributed by atoms with Crippen molar-refractivity contribution in [3.05, 3.63) is 60.8 Å². The minimum absolute atomic E-state index is 0.00536. The van der Waals surface area contributed by atoms with Crippen LogP contribution < -0.4 is 5.11 Å². The molecule has 280 valence electrons. The lowest BCUT2D eigenvalue weighted by Crippen LogP contribution is -2.55. The third kappa shape index (κ3) is 30.8. The zero-order valence-corrected chi connectivity index (χ0v) is 31.6. The average Bonchev–Trinajstić information content (AvgIpc) is 3.05. The van der Waals surface area contributed by atoms with E-state index in [0.29, 0.717) is 12.8 Å². The van der Waals surface area contributed by atoms with Gasteiger partial charge in [0.25, 0.3) is 0 Å². The summed E-state index contributed by atoms with van der Waals surface area (Å²) >= 11 is 0. The number of unbranched alkanes of at least 4 members (excludes halogenated alkanes) is 8. The maximum Gasteiger partial charge on any atom is 0.306 e. The van der Waals surface area contributed by atoms with Crippen molar-refractivity contribution in [2.24, 2.45) is 0 Å². The molecular weight excluding hydrogens is 618 g/mol. The van der Waals surface area contributed by atoms with E-state index >= 15 is 0 Å². The Labute approximate surface area is 298 Å². The minimum atomic E-state index is -1.14. The van der Waals surface area contributed by atoms with Crippen LogP contribution in [0, 0.1) is 0 Å². The summed E-state index contributed by atoms with van der Waals surface area (Å²) in [6.45, 7) is 4.40. The van der Waals surface area contributed by atoms with Crippen LogP contribution in [0.15, 0.2) is 60.8 Å². The summed E-state index contributed by atoms with van der Waals surface area (Å²) in [6.07, 6.45) is 37.0. The zero-order chi connectivity index (χ0) is 36.4. The summed E-state index contributed by atoms with van der Waals surface area (Å²) in [5.41, 5.74) is 0. The van der Waals surface area contributed by atoms with Gasteiger partial charge in [0.05, 0.1) is 40.3 Å². The summed E-state index contributed by atoms with van der Waals surface area (Å²) in [6, 6.07) is -0.740. The highest BCUT2D eigenvalue weighted by Crippen LogP contribution is 2.10. The third-order valence-electron chi connectivity index (χ3n) is 7.90. The molecule has 0 amide bonds. The van der Waals surface area contributed by atoms with E-state index in [1.807, 2.05) is 6.08 Å². The first-order valence-corrected chi connectivity index (χ1v) is 18.8. The molecule has 0 rings (SSSR count). The van der Waals surface area contributed by atoms with Gasteiger partial charge in [-0.1, -0.05) is 107 Å². The third-order valence-corrected chi connectivity index (χ3v) is 7.90. The second-order valence-electron chi connectivity index (χ2n) is 13.4. The quantitative estimate of drug-likeness (QED) is 0.0305.